The molecule has 4 nitrogen and oxygen atoms in total. The van der Waals surface area contributed by atoms with Crippen molar-refractivity contribution in [1.29, 1.82) is 0 Å². The summed E-state index contributed by atoms with van der Waals surface area (Å²) in [6, 6.07) is 16.7. The van der Waals surface area contributed by atoms with Crippen LogP contribution in [0.25, 0.3) is 0 Å². The molecule has 2 aliphatic heterocycles. The number of fused-ring (bicyclic) bond motifs is 1. The van der Waals surface area contributed by atoms with Crippen molar-refractivity contribution in [3.05, 3.63) is 48.5 Å². The average Bonchev–Trinajstić information content (AvgIpc) is 3.33. The summed E-state index contributed by atoms with van der Waals surface area (Å²) in [6.45, 7) is 1.91. The van der Waals surface area contributed by atoms with E-state index < -0.39 is 0 Å². The Labute approximate surface area is 134 Å². The molecule has 0 bridgehead atoms. The first kappa shape index (κ1) is 13.8. The number of ether oxygens (including phenoxy) is 2. The first-order valence-electron chi connectivity index (χ1n) is 7.45. The first-order chi connectivity index (χ1) is 10.8. The molecule has 0 amide bonds. The summed E-state index contributed by atoms with van der Waals surface area (Å²) in [5.41, 5.74) is 3.61. The van der Waals surface area contributed by atoms with Crippen LogP contribution in [0.3, 0.4) is 0 Å². The maximum atomic E-state index is 5.35. The van der Waals surface area contributed by atoms with E-state index in [1.54, 1.807) is 19.2 Å². The Hall–Kier alpha value is -1.85. The zero-order chi connectivity index (χ0) is 14.9. The molecule has 2 aromatic rings. The van der Waals surface area contributed by atoms with Crippen LogP contribution in [0.15, 0.2) is 48.5 Å². The highest BCUT2D eigenvalue weighted by Crippen LogP contribution is 2.49. The SMILES string of the molecule is COc1cccc(N2SN(CCC3CO3)c3ccccc32)c1. The summed E-state index contributed by atoms with van der Waals surface area (Å²) in [5, 5.41) is 0. The molecule has 0 aliphatic carbocycles. The molecule has 0 radical (unpaired) electrons. The number of nitrogens with zero attached hydrogens (tertiary/aromatic N) is 2. The van der Waals surface area contributed by atoms with E-state index in [0.29, 0.717) is 6.10 Å². The van der Waals surface area contributed by atoms with E-state index in [9.17, 15) is 0 Å². The second-order valence-electron chi connectivity index (χ2n) is 5.41. The number of anilines is 3. The van der Waals surface area contributed by atoms with Gasteiger partial charge in [-0.25, -0.2) is 0 Å². The molecule has 0 saturated carbocycles. The van der Waals surface area contributed by atoms with Gasteiger partial charge in [0.05, 0.1) is 49.0 Å². The van der Waals surface area contributed by atoms with Crippen LogP contribution >= 0.6 is 12.1 Å². The summed E-state index contributed by atoms with van der Waals surface area (Å²) in [6.07, 6.45) is 1.53. The quantitative estimate of drug-likeness (QED) is 0.614. The number of hydrogen-bond acceptors (Lipinski definition) is 5. The molecule has 0 spiro atoms. The van der Waals surface area contributed by atoms with Crippen molar-refractivity contribution >= 4 is 29.2 Å². The molecule has 2 aliphatic rings. The normalized spacial score (nSPS) is 19.2. The lowest BCUT2D eigenvalue weighted by Crippen LogP contribution is -2.16. The predicted molar refractivity (Wildman–Crippen MR) is 90.9 cm³/mol. The van der Waals surface area contributed by atoms with Gasteiger partial charge in [-0.3, -0.25) is 8.61 Å². The van der Waals surface area contributed by atoms with Crippen molar-refractivity contribution < 1.29 is 9.47 Å². The smallest absolute Gasteiger partial charge is 0.120 e. The Morgan fingerprint density at radius 1 is 1.18 bits per heavy atom. The Morgan fingerprint density at radius 3 is 2.77 bits per heavy atom. The van der Waals surface area contributed by atoms with E-state index in [1.165, 1.54) is 11.4 Å². The standard InChI is InChI=1S/C17H18N2O2S/c1-20-14-6-4-5-13(11-14)19-17-8-3-2-7-16(17)18(22-19)10-9-15-12-21-15/h2-8,11,15H,9-10,12H2,1H3. The zero-order valence-electron chi connectivity index (χ0n) is 12.4. The monoisotopic (exact) mass is 314 g/mol. The summed E-state index contributed by atoms with van der Waals surface area (Å²) in [7, 11) is 1.70. The van der Waals surface area contributed by atoms with Gasteiger partial charge < -0.3 is 9.47 Å². The van der Waals surface area contributed by atoms with Crippen LogP contribution in [0.1, 0.15) is 6.42 Å². The molecule has 114 valence electrons. The third kappa shape index (κ3) is 2.62. The number of methoxy groups -OCH3 is 1. The van der Waals surface area contributed by atoms with Crippen LogP contribution in [0.4, 0.5) is 17.1 Å². The molecule has 1 saturated heterocycles. The van der Waals surface area contributed by atoms with Gasteiger partial charge in [0.2, 0.25) is 0 Å². The van der Waals surface area contributed by atoms with Gasteiger partial charge in [0.25, 0.3) is 0 Å². The zero-order valence-corrected chi connectivity index (χ0v) is 13.3. The Balaban J connectivity index is 1.62. The van der Waals surface area contributed by atoms with Crippen molar-refractivity contribution in [3.8, 4) is 5.75 Å². The van der Waals surface area contributed by atoms with Crippen LogP contribution in [0.5, 0.6) is 5.75 Å². The van der Waals surface area contributed by atoms with Crippen LogP contribution in [-0.4, -0.2) is 26.4 Å². The molecule has 1 unspecified atom stereocenters. The van der Waals surface area contributed by atoms with Crippen LogP contribution in [-0.2, 0) is 4.74 Å². The van der Waals surface area contributed by atoms with Crippen molar-refractivity contribution in [2.75, 3.05) is 28.9 Å². The molecular formula is C17H18N2O2S. The second-order valence-corrected chi connectivity index (χ2v) is 6.38. The molecule has 22 heavy (non-hydrogen) atoms. The van der Waals surface area contributed by atoms with Gasteiger partial charge in [-0.1, -0.05) is 18.2 Å². The van der Waals surface area contributed by atoms with Gasteiger partial charge >= 0.3 is 0 Å². The molecule has 0 aromatic heterocycles. The van der Waals surface area contributed by atoms with E-state index >= 15 is 0 Å². The number of hydrogen-bond donors (Lipinski definition) is 0. The van der Waals surface area contributed by atoms with Gasteiger partial charge in [-0.15, -0.1) is 0 Å². The molecule has 2 aromatic carbocycles. The van der Waals surface area contributed by atoms with E-state index in [4.69, 9.17) is 9.47 Å². The lowest BCUT2D eigenvalue weighted by atomic mass is 10.2. The fourth-order valence-electron chi connectivity index (χ4n) is 2.61. The van der Waals surface area contributed by atoms with Gasteiger partial charge in [0, 0.05) is 12.6 Å². The van der Waals surface area contributed by atoms with E-state index in [0.717, 1.165) is 31.0 Å². The highest BCUT2D eigenvalue weighted by Gasteiger charge is 2.30. The Bertz CT molecular complexity index is 675. The molecule has 1 atom stereocenters. The largest absolute Gasteiger partial charge is 0.497 e. The van der Waals surface area contributed by atoms with E-state index in [-0.39, 0.29) is 0 Å². The van der Waals surface area contributed by atoms with Crippen molar-refractivity contribution in [2.24, 2.45) is 0 Å². The fraction of sp³-hybridized carbons (Fsp3) is 0.294. The lowest BCUT2D eigenvalue weighted by Gasteiger charge is -2.19. The molecule has 5 heteroatoms. The third-order valence-corrected chi connectivity index (χ3v) is 5.04. The lowest BCUT2D eigenvalue weighted by molar-refractivity contribution is 0.399. The Kier molecular flexibility index (Phi) is 3.60. The van der Waals surface area contributed by atoms with Crippen molar-refractivity contribution in [2.45, 2.75) is 12.5 Å². The van der Waals surface area contributed by atoms with Crippen LogP contribution < -0.4 is 13.3 Å². The number of benzene rings is 2. The van der Waals surface area contributed by atoms with Crippen LogP contribution in [0, 0.1) is 0 Å². The van der Waals surface area contributed by atoms with Gasteiger partial charge in [-0.2, -0.15) is 0 Å². The maximum Gasteiger partial charge on any atom is 0.120 e. The molecule has 0 N–H and O–H groups in total. The molecular weight excluding hydrogens is 296 g/mol. The minimum atomic E-state index is 0.457. The minimum Gasteiger partial charge on any atom is -0.497 e. The fourth-order valence-corrected chi connectivity index (χ4v) is 3.69. The second kappa shape index (κ2) is 5.74. The Morgan fingerprint density at radius 2 is 2.00 bits per heavy atom. The molecule has 1 fully saturated rings. The summed E-state index contributed by atoms with van der Waals surface area (Å²) >= 11 is 1.74. The van der Waals surface area contributed by atoms with E-state index in [1.807, 2.05) is 12.1 Å². The summed E-state index contributed by atoms with van der Waals surface area (Å²) in [5.74, 6) is 0.875. The minimum absolute atomic E-state index is 0.457. The van der Waals surface area contributed by atoms with Crippen LogP contribution in [0.2, 0.25) is 0 Å². The van der Waals surface area contributed by atoms with Crippen molar-refractivity contribution in [1.82, 2.24) is 0 Å². The maximum absolute atomic E-state index is 5.35. The molecule has 4 rings (SSSR count). The predicted octanol–water partition coefficient (Wildman–Crippen LogP) is 4.01. The van der Waals surface area contributed by atoms with Gasteiger partial charge in [0.15, 0.2) is 0 Å². The van der Waals surface area contributed by atoms with Gasteiger partial charge in [-0.05, 0) is 30.7 Å². The van der Waals surface area contributed by atoms with Crippen molar-refractivity contribution in [3.63, 3.8) is 0 Å². The average molecular weight is 314 g/mol. The number of rotatable bonds is 5. The molecule has 2 heterocycles. The highest BCUT2D eigenvalue weighted by atomic mass is 32.2. The summed E-state index contributed by atoms with van der Waals surface area (Å²) < 4.78 is 15.3. The van der Waals surface area contributed by atoms with E-state index in [2.05, 4.69) is 45.0 Å². The third-order valence-electron chi connectivity index (χ3n) is 3.89. The highest BCUT2D eigenvalue weighted by molar-refractivity contribution is 8.02. The summed E-state index contributed by atoms with van der Waals surface area (Å²) in [4.78, 5) is 0. The van der Waals surface area contributed by atoms with Gasteiger partial charge in [0.1, 0.15) is 5.75 Å². The first-order valence-corrected chi connectivity index (χ1v) is 8.18. The topological polar surface area (TPSA) is 28.2 Å². The number of para-hydroxylation sites is 2. The number of epoxide rings is 1.